The molecule has 0 bridgehead atoms. The summed E-state index contributed by atoms with van der Waals surface area (Å²) in [6.07, 6.45) is 2.88. The van der Waals surface area contributed by atoms with Gasteiger partial charge in [0.1, 0.15) is 5.01 Å². The van der Waals surface area contributed by atoms with Crippen molar-refractivity contribution in [2.24, 2.45) is 0 Å². The number of nitrogens with zero attached hydrogens (tertiary/aromatic N) is 2. The number of piperidine rings is 1. The number of carbonyl (C=O) groups is 1. The summed E-state index contributed by atoms with van der Waals surface area (Å²) >= 11 is 1.57. The van der Waals surface area contributed by atoms with Crippen LogP contribution in [0.2, 0.25) is 0 Å². The fraction of sp³-hybridized carbons (Fsp3) is 0.692. The average Bonchev–Trinajstić information content (AvgIpc) is 2.86. The van der Waals surface area contributed by atoms with E-state index in [2.05, 4.69) is 25.9 Å². The van der Waals surface area contributed by atoms with Crippen LogP contribution in [0.3, 0.4) is 0 Å². The highest BCUT2D eigenvalue weighted by Crippen LogP contribution is 2.16. The van der Waals surface area contributed by atoms with Crippen molar-refractivity contribution in [3.8, 4) is 0 Å². The van der Waals surface area contributed by atoms with E-state index in [-0.39, 0.29) is 5.91 Å². The second kappa shape index (κ2) is 6.98. The Bertz CT molecular complexity index is 421. The lowest BCUT2D eigenvalue weighted by molar-refractivity contribution is -0.119. The molecule has 0 spiro atoms. The Kier molecular flexibility index (Phi) is 5.30. The molecule has 1 aliphatic rings. The summed E-state index contributed by atoms with van der Waals surface area (Å²) in [5.74, 6) is 0.0223. The lowest BCUT2D eigenvalue weighted by atomic mass is 10.1. The fourth-order valence-corrected chi connectivity index (χ4v) is 3.18. The van der Waals surface area contributed by atoms with Crippen molar-refractivity contribution in [2.45, 2.75) is 31.8 Å². The molecule has 6 heteroatoms. The zero-order valence-electron chi connectivity index (χ0n) is 11.6. The summed E-state index contributed by atoms with van der Waals surface area (Å²) in [5.41, 5.74) is 1.08. The lowest BCUT2D eigenvalue weighted by Crippen LogP contribution is -2.43. The normalized spacial score (nSPS) is 20.4. The maximum absolute atomic E-state index is 11.3. The molecular formula is C13H22N4OS. The zero-order chi connectivity index (χ0) is 13.7. The van der Waals surface area contributed by atoms with Gasteiger partial charge in [0, 0.05) is 31.6 Å². The van der Waals surface area contributed by atoms with Crippen LogP contribution < -0.4 is 10.6 Å². The molecule has 5 nitrogen and oxygen atoms in total. The first-order valence-electron chi connectivity index (χ1n) is 6.74. The van der Waals surface area contributed by atoms with Crippen LogP contribution in [0, 0.1) is 0 Å². The van der Waals surface area contributed by atoms with E-state index in [1.807, 2.05) is 7.05 Å². The van der Waals surface area contributed by atoms with Crippen LogP contribution in [0.15, 0.2) is 5.38 Å². The monoisotopic (exact) mass is 282 g/mol. The number of aromatic nitrogens is 1. The predicted molar refractivity (Wildman–Crippen MR) is 77.2 cm³/mol. The van der Waals surface area contributed by atoms with Crippen LogP contribution in [0.1, 0.15) is 23.5 Å². The minimum atomic E-state index is 0.0223. The molecule has 2 N–H and O–H groups in total. The Morgan fingerprint density at radius 3 is 3.16 bits per heavy atom. The number of rotatable bonds is 5. The van der Waals surface area contributed by atoms with Gasteiger partial charge in [-0.05, 0) is 26.4 Å². The molecular weight excluding hydrogens is 260 g/mol. The van der Waals surface area contributed by atoms with Gasteiger partial charge in [-0.15, -0.1) is 11.3 Å². The van der Waals surface area contributed by atoms with Crippen LogP contribution >= 0.6 is 11.3 Å². The molecule has 0 radical (unpaired) electrons. The second-order valence-corrected chi connectivity index (χ2v) is 5.89. The van der Waals surface area contributed by atoms with E-state index >= 15 is 0 Å². The number of nitrogens with one attached hydrogen (secondary N) is 2. The summed E-state index contributed by atoms with van der Waals surface area (Å²) < 4.78 is 0. The van der Waals surface area contributed by atoms with Gasteiger partial charge < -0.3 is 10.6 Å². The van der Waals surface area contributed by atoms with Crippen molar-refractivity contribution >= 4 is 17.2 Å². The van der Waals surface area contributed by atoms with Crippen molar-refractivity contribution in [3.63, 3.8) is 0 Å². The highest BCUT2D eigenvalue weighted by atomic mass is 32.1. The van der Waals surface area contributed by atoms with Crippen LogP contribution in [-0.4, -0.2) is 49.0 Å². The molecule has 1 aromatic heterocycles. The Hall–Kier alpha value is -0.980. The molecule has 2 rings (SSSR count). The summed E-state index contributed by atoms with van der Waals surface area (Å²) in [5, 5.41) is 8.94. The molecule has 1 fully saturated rings. The molecule has 1 atom stereocenters. The number of thiazole rings is 1. The van der Waals surface area contributed by atoms with E-state index < -0.39 is 0 Å². The van der Waals surface area contributed by atoms with E-state index in [4.69, 9.17) is 0 Å². The quantitative estimate of drug-likeness (QED) is 0.831. The van der Waals surface area contributed by atoms with E-state index in [9.17, 15) is 4.79 Å². The standard InChI is InChI=1S/C13H22N4OS/c1-14-10-4-3-5-17(7-10)8-11-9-19-13(16-11)6-12(18)15-2/h9-10,14H,3-8H2,1-2H3,(H,15,18). The van der Waals surface area contributed by atoms with Crippen LogP contribution in [0.25, 0.3) is 0 Å². The molecule has 1 saturated heterocycles. The Balaban J connectivity index is 1.87. The Morgan fingerprint density at radius 2 is 2.42 bits per heavy atom. The average molecular weight is 282 g/mol. The van der Waals surface area contributed by atoms with Crippen molar-refractivity contribution in [1.29, 1.82) is 0 Å². The van der Waals surface area contributed by atoms with Crippen LogP contribution in [0.5, 0.6) is 0 Å². The summed E-state index contributed by atoms with van der Waals surface area (Å²) in [6.45, 7) is 3.11. The molecule has 1 aromatic rings. The Labute approximate surface area is 118 Å². The van der Waals surface area contributed by atoms with E-state index in [1.165, 1.54) is 12.8 Å². The van der Waals surface area contributed by atoms with Crippen molar-refractivity contribution in [1.82, 2.24) is 20.5 Å². The SMILES string of the molecule is CNC(=O)Cc1nc(CN2CCCC(NC)C2)cs1. The molecule has 2 heterocycles. The van der Waals surface area contributed by atoms with Gasteiger partial charge in [0.25, 0.3) is 0 Å². The first kappa shape index (κ1) is 14.4. The predicted octanol–water partition coefficient (Wildman–Crippen LogP) is 0.615. The van der Waals surface area contributed by atoms with Crippen molar-refractivity contribution in [3.05, 3.63) is 16.1 Å². The third-order valence-corrected chi connectivity index (χ3v) is 4.39. The molecule has 1 unspecified atom stereocenters. The minimum absolute atomic E-state index is 0.0223. The molecule has 1 amide bonds. The zero-order valence-corrected chi connectivity index (χ0v) is 12.4. The highest BCUT2D eigenvalue weighted by Gasteiger charge is 2.19. The number of likely N-dealkylation sites (tertiary alicyclic amines) is 1. The number of hydrogen-bond donors (Lipinski definition) is 2. The molecule has 0 aromatic carbocycles. The lowest BCUT2D eigenvalue weighted by Gasteiger charge is -2.31. The Morgan fingerprint density at radius 1 is 1.58 bits per heavy atom. The second-order valence-electron chi connectivity index (χ2n) is 4.95. The van der Waals surface area contributed by atoms with Gasteiger partial charge >= 0.3 is 0 Å². The van der Waals surface area contributed by atoms with Crippen molar-refractivity contribution < 1.29 is 4.79 Å². The minimum Gasteiger partial charge on any atom is -0.359 e. The topological polar surface area (TPSA) is 57.3 Å². The molecule has 1 aliphatic heterocycles. The highest BCUT2D eigenvalue weighted by molar-refractivity contribution is 7.09. The van der Waals surface area contributed by atoms with Crippen LogP contribution in [0.4, 0.5) is 0 Å². The summed E-state index contributed by atoms with van der Waals surface area (Å²) in [6, 6.07) is 0.595. The molecule has 0 saturated carbocycles. The molecule has 106 valence electrons. The maximum atomic E-state index is 11.3. The van der Waals surface area contributed by atoms with Gasteiger partial charge in [-0.3, -0.25) is 9.69 Å². The number of amides is 1. The molecule has 0 aliphatic carbocycles. The van der Waals surface area contributed by atoms with E-state index in [1.54, 1.807) is 18.4 Å². The first-order valence-corrected chi connectivity index (χ1v) is 7.62. The third kappa shape index (κ3) is 4.26. The number of carbonyl (C=O) groups excluding carboxylic acids is 1. The van der Waals surface area contributed by atoms with Gasteiger partial charge in [-0.2, -0.15) is 0 Å². The van der Waals surface area contributed by atoms with E-state index in [0.717, 1.165) is 30.3 Å². The maximum Gasteiger partial charge on any atom is 0.226 e. The third-order valence-electron chi connectivity index (χ3n) is 3.49. The van der Waals surface area contributed by atoms with Gasteiger partial charge in [-0.1, -0.05) is 0 Å². The van der Waals surface area contributed by atoms with Gasteiger partial charge in [-0.25, -0.2) is 4.98 Å². The fourth-order valence-electron chi connectivity index (χ4n) is 2.39. The largest absolute Gasteiger partial charge is 0.359 e. The van der Waals surface area contributed by atoms with Gasteiger partial charge in [0.2, 0.25) is 5.91 Å². The van der Waals surface area contributed by atoms with Crippen LogP contribution in [-0.2, 0) is 17.8 Å². The summed E-state index contributed by atoms with van der Waals surface area (Å²) in [7, 11) is 3.68. The van der Waals surface area contributed by atoms with Gasteiger partial charge in [0.05, 0.1) is 12.1 Å². The smallest absolute Gasteiger partial charge is 0.226 e. The van der Waals surface area contributed by atoms with Gasteiger partial charge in [0.15, 0.2) is 0 Å². The first-order chi connectivity index (χ1) is 9.21. The molecule has 19 heavy (non-hydrogen) atoms. The van der Waals surface area contributed by atoms with Crippen molar-refractivity contribution in [2.75, 3.05) is 27.2 Å². The number of likely N-dealkylation sites (N-methyl/N-ethyl adjacent to an activating group) is 2. The number of hydrogen-bond acceptors (Lipinski definition) is 5. The summed E-state index contributed by atoms with van der Waals surface area (Å²) in [4.78, 5) is 18.3. The van der Waals surface area contributed by atoms with E-state index in [0.29, 0.717) is 12.5 Å².